The van der Waals surface area contributed by atoms with E-state index in [1.165, 1.54) is 25.5 Å². The molecule has 0 atom stereocenters. The summed E-state index contributed by atoms with van der Waals surface area (Å²) in [7, 11) is 0. The standard InChI is InChI=1S/C11H14BrN3O/c12-9-5-8(13)6-14-11(9)15-10(16)4-7-2-1-3-7/h5-7H,1-4,13H2,(H,14,15,16). The summed E-state index contributed by atoms with van der Waals surface area (Å²) < 4.78 is 0.717. The lowest BCUT2D eigenvalue weighted by Gasteiger charge is -2.24. The highest BCUT2D eigenvalue weighted by Gasteiger charge is 2.21. The van der Waals surface area contributed by atoms with E-state index in [0.29, 0.717) is 23.8 Å². The number of aromatic nitrogens is 1. The van der Waals surface area contributed by atoms with Crippen LogP contribution in [-0.4, -0.2) is 10.9 Å². The van der Waals surface area contributed by atoms with Gasteiger partial charge >= 0.3 is 0 Å². The number of carbonyl (C=O) groups excluding carboxylic acids is 1. The average Bonchev–Trinajstić information content (AvgIpc) is 2.16. The van der Waals surface area contributed by atoms with Gasteiger partial charge in [0.05, 0.1) is 16.4 Å². The molecule has 86 valence electrons. The zero-order chi connectivity index (χ0) is 11.5. The van der Waals surface area contributed by atoms with E-state index in [-0.39, 0.29) is 5.91 Å². The lowest BCUT2D eigenvalue weighted by atomic mass is 9.83. The number of nitrogens with two attached hydrogens (primary N) is 1. The van der Waals surface area contributed by atoms with Crippen molar-refractivity contribution in [2.75, 3.05) is 11.1 Å². The predicted molar refractivity (Wildman–Crippen MR) is 66.9 cm³/mol. The second-order valence-electron chi connectivity index (χ2n) is 4.15. The van der Waals surface area contributed by atoms with E-state index in [9.17, 15) is 4.79 Å². The van der Waals surface area contributed by atoms with Crippen LogP contribution in [0.2, 0.25) is 0 Å². The van der Waals surface area contributed by atoms with Gasteiger partial charge in [0, 0.05) is 6.42 Å². The second kappa shape index (κ2) is 4.82. The van der Waals surface area contributed by atoms with Gasteiger partial charge in [-0.1, -0.05) is 6.42 Å². The molecule has 1 heterocycles. The van der Waals surface area contributed by atoms with E-state index in [1.54, 1.807) is 6.07 Å². The van der Waals surface area contributed by atoms with Gasteiger partial charge < -0.3 is 11.1 Å². The smallest absolute Gasteiger partial charge is 0.225 e. The van der Waals surface area contributed by atoms with Crippen molar-refractivity contribution in [1.29, 1.82) is 0 Å². The van der Waals surface area contributed by atoms with Crippen LogP contribution in [0.1, 0.15) is 25.7 Å². The Balaban J connectivity index is 1.94. The number of nitrogens with zero attached hydrogens (tertiary/aromatic N) is 1. The molecule has 1 fully saturated rings. The predicted octanol–water partition coefficient (Wildman–Crippen LogP) is 2.56. The number of carbonyl (C=O) groups is 1. The number of hydrogen-bond acceptors (Lipinski definition) is 3. The molecule has 1 aromatic rings. The number of amides is 1. The van der Waals surface area contributed by atoms with Crippen LogP contribution in [0.5, 0.6) is 0 Å². The van der Waals surface area contributed by atoms with Crippen molar-refractivity contribution < 1.29 is 4.79 Å². The summed E-state index contributed by atoms with van der Waals surface area (Å²) in [4.78, 5) is 15.7. The molecule has 5 heteroatoms. The molecule has 1 saturated carbocycles. The zero-order valence-corrected chi connectivity index (χ0v) is 10.5. The number of rotatable bonds is 3. The topological polar surface area (TPSA) is 68.0 Å². The number of anilines is 2. The number of pyridine rings is 1. The van der Waals surface area contributed by atoms with Crippen LogP contribution in [0.25, 0.3) is 0 Å². The van der Waals surface area contributed by atoms with Crippen molar-refractivity contribution in [3.8, 4) is 0 Å². The van der Waals surface area contributed by atoms with E-state index < -0.39 is 0 Å². The highest BCUT2D eigenvalue weighted by Crippen LogP contribution is 2.30. The second-order valence-corrected chi connectivity index (χ2v) is 5.00. The maximum atomic E-state index is 11.6. The number of nitrogens with one attached hydrogen (secondary N) is 1. The van der Waals surface area contributed by atoms with Crippen LogP contribution in [0.4, 0.5) is 11.5 Å². The Bertz CT molecular complexity index is 404. The molecule has 0 spiro atoms. The van der Waals surface area contributed by atoms with E-state index in [2.05, 4.69) is 26.2 Å². The molecule has 0 unspecified atom stereocenters. The maximum Gasteiger partial charge on any atom is 0.225 e. The fourth-order valence-electron chi connectivity index (χ4n) is 1.69. The number of halogens is 1. The van der Waals surface area contributed by atoms with E-state index in [0.717, 1.165) is 4.47 Å². The first-order chi connectivity index (χ1) is 7.65. The van der Waals surface area contributed by atoms with Gasteiger partial charge in [-0.3, -0.25) is 4.79 Å². The molecule has 4 nitrogen and oxygen atoms in total. The molecule has 1 aliphatic carbocycles. The summed E-state index contributed by atoms with van der Waals surface area (Å²) >= 11 is 3.32. The number of nitrogen functional groups attached to an aromatic ring is 1. The lowest BCUT2D eigenvalue weighted by molar-refractivity contribution is -0.117. The molecule has 0 aliphatic heterocycles. The van der Waals surface area contributed by atoms with Gasteiger partial charge in [0.15, 0.2) is 0 Å². The van der Waals surface area contributed by atoms with Crippen molar-refractivity contribution in [2.24, 2.45) is 5.92 Å². The SMILES string of the molecule is Nc1cnc(NC(=O)CC2CCC2)c(Br)c1. The third kappa shape index (κ3) is 2.72. The van der Waals surface area contributed by atoms with Crippen LogP contribution in [-0.2, 0) is 4.79 Å². The van der Waals surface area contributed by atoms with Crippen molar-refractivity contribution >= 4 is 33.3 Å². The largest absolute Gasteiger partial charge is 0.397 e. The van der Waals surface area contributed by atoms with Crippen molar-refractivity contribution in [3.63, 3.8) is 0 Å². The monoisotopic (exact) mass is 283 g/mol. The fraction of sp³-hybridized carbons (Fsp3) is 0.455. The van der Waals surface area contributed by atoms with Gasteiger partial charge in [0.1, 0.15) is 5.82 Å². The minimum Gasteiger partial charge on any atom is -0.397 e. The molecule has 1 aliphatic rings. The van der Waals surface area contributed by atoms with E-state index in [1.807, 2.05) is 0 Å². The van der Waals surface area contributed by atoms with Crippen LogP contribution in [0.3, 0.4) is 0 Å². The highest BCUT2D eigenvalue weighted by molar-refractivity contribution is 9.10. The quantitative estimate of drug-likeness (QED) is 0.896. The molecule has 0 bridgehead atoms. The molecule has 2 rings (SSSR count). The van der Waals surface area contributed by atoms with Crippen molar-refractivity contribution in [3.05, 3.63) is 16.7 Å². The molecular weight excluding hydrogens is 270 g/mol. The van der Waals surface area contributed by atoms with Gasteiger partial charge in [0.25, 0.3) is 0 Å². The van der Waals surface area contributed by atoms with Crippen molar-refractivity contribution in [1.82, 2.24) is 4.98 Å². The van der Waals surface area contributed by atoms with Gasteiger partial charge in [-0.05, 0) is 40.8 Å². The first-order valence-electron chi connectivity index (χ1n) is 5.36. The molecule has 0 saturated heterocycles. The molecule has 0 radical (unpaired) electrons. The summed E-state index contributed by atoms with van der Waals surface area (Å²) in [6.07, 6.45) is 5.72. The normalized spacial score (nSPS) is 15.6. The Kier molecular flexibility index (Phi) is 3.43. The third-order valence-corrected chi connectivity index (χ3v) is 3.42. The Labute approximate surface area is 103 Å². The lowest BCUT2D eigenvalue weighted by Crippen LogP contribution is -2.21. The minimum absolute atomic E-state index is 0.0303. The first-order valence-corrected chi connectivity index (χ1v) is 6.15. The number of hydrogen-bond donors (Lipinski definition) is 2. The first kappa shape index (κ1) is 11.4. The summed E-state index contributed by atoms with van der Waals surface area (Å²) in [6, 6.07) is 1.73. The Morgan fingerprint density at radius 2 is 2.38 bits per heavy atom. The zero-order valence-electron chi connectivity index (χ0n) is 8.87. The Morgan fingerprint density at radius 3 is 2.94 bits per heavy atom. The van der Waals surface area contributed by atoms with Crippen LogP contribution < -0.4 is 11.1 Å². The summed E-state index contributed by atoms with van der Waals surface area (Å²) in [5.74, 6) is 1.13. The summed E-state index contributed by atoms with van der Waals surface area (Å²) in [5, 5.41) is 2.78. The van der Waals surface area contributed by atoms with E-state index in [4.69, 9.17) is 5.73 Å². The Morgan fingerprint density at radius 1 is 1.62 bits per heavy atom. The Hall–Kier alpha value is -1.10. The molecule has 1 amide bonds. The molecule has 16 heavy (non-hydrogen) atoms. The summed E-state index contributed by atoms with van der Waals surface area (Å²) in [6.45, 7) is 0. The minimum atomic E-state index is 0.0303. The third-order valence-electron chi connectivity index (χ3n) is 2.82. The maximum absolute atomic E-state index is 11.6. The van der Waals surface area contributed by atoms with Crippen LogP contribution in [0.15, 0.2) is 16.7 Å². The van der Waals surface area contributed by atoms with Gasteiger partial charge in [-0.2, -0.15) is 0 Å². The van der Waals surface area contributed by atoms with Gasteiger partial charge in [0.2, 0.25) is 5.91 Å². The van der Waals surface area contributed by atoms with E-state index >= 15 is 0 Å². The molecule has 1 aromatic heterocycles. The summed E-state index contributed by atoms with van der Waals surface area (Å²) in [5.41, 5.74) is 6.14. The highest BCUT2D eigenvalue weighted by atomic mass is 79.9. The van der Waals surface area contributed by atoms with Crippen LogP contribution >= 0.6 is 15.9 Å². The van der Waals surface area contributed by atoms with Gasteiger partial charge in [-0.15, -0.1) is 0 Å². The molecule has 3 N–H and O–H groups in total. The molecule has 0 aromatic carbocycles. The fourth-order valence-corrected chi connectivity index (χ4v) is 2.15. The van der Waals surface area contributed by atoms with Crippen molar-refractivity contribution in [2.45, 2.75) is 25.7 Å². The van der Waals surface area contributed by atoms with Gasteiger partial charge in [-0.25, -0.2) is 4.98 Å². The average molecular weight is 284 g/mol. The van der Waals surface area contributed by atoms with Crippen LogP contribution in [0, 0.1) is 5.92 Å². The molecular formula is C11H14BrN3O.